The Bertz CT molecular complexity index is 414. The molecule has 1 aliphatic heterocycles. The zero-order chi connectivity index (χ0) is 13.7. The summed E-state index contributed by atoms with van der Waals surface area (Å²) in [6, 6.07) is 6.54. The summed E-state index contributed by atoms with van der Waals surface area (Å²) in [6.45, 7) is 6.59. The third-order valence-electron chi connectivity index (χ3n) is 3.87. The van der Waals surface area contributed by atoms with Gasteiger partial charge in [-0.2, -0.15) is 0 Å². The topological polar surface area (TPSA) is 15.3 Å². The molecule has 0 aliphatic carbocycles. The van der Waals surface area contributed by atoms with Crippen molar-refractivity contribution in [2.45, 2.75) is 46.0 Å². The second-order valence-corrected chi connectivity index (χ2v) is 5.52. The Labute approximate surface area is 122 Å². The summed E-state index contributed by atoms with van der Waals surface area (Å²) in [5.41, 5.74) is 3.96. The molecule has 1 fully saturated rings. The van der Waals surface area contributed by atoms with Gasteiger partial charge in [0.25, 0.3) is 0 Å². The summed E-state index contributed by atoms with van der Waals surface area (Å²) in [5, 5.41) is 4.41. The number of nitrogens with zero attached hydrogens (tertiary/aromatic N) is 1. The van der Waals surface area contributed by atoms with E-state index in [1.54, 1.807) is 0 Å². The van der Waals surface area contributed by atoms with Crippen molar-refractivity contribution in [1.82, 2.24) is 4.90 Å². The largest absolute Gasteiger partial charge is 0.349 e. The van der Waals surface area contributed by atoms with Crippen LogP contribution in [-0.2, 0) is 12.8 Å². The van der Waals surface area contributed by atoms with Crippen molar-refractivity contribution in [2.75, 3.05) is 18.4 Å². The maximum atomic E-state index is 5.59. The molecule has 2 nitrogen and oxygen atoms in total. The van der Waals surface area contributed by atoms with Crippen LogP contribution in [0.3, 0.4) is 0 Å². The van der Waals surface area contributed by atoms with Gasteiger partial charge < -0.3 is 10.2 Å². The predicted molar refractivity (Wildman–Crippen MR) is 86.8 cm³/mol. The quantitative estimate of drug-likeness (QED) is 0.840. The maximum Gasteiger partial charge on any atom is 0.173 e. The van der Waals surface area contributed by atoms with Crippen molar-refractivity contribution in [3.63, 3.8) is 0 Å². The van der Waals surface area contributed by atoms with Gasteiger partial charge in [-0.3, -0.25) is 0 Å². The Morgan fingerprint density at radius 2 is 1.68 bits per heavy atom. The Hall–Kier alpha value is -1.09. The van der Waals surface area contributed by atoms with Gasteiger partial charge >= 0.3 is 0 Å². The molecule has 0 spiro atoms. The van der Waals surface area contributed by atoms with E-state index in [9.17, 15) is 0 Å². The maximum absolute atomic E-state index is 5.59. The van der Waals surface area contributed by atoms with Gasteiger partial charge in [0.15, 0.2) is 5.11 Å². The lowest BCUT2D eigenvalue weighted by atomic mass is 10.0. The smallest absolute Gasteiger partial charge is 0.173 e. The second kappa shape index (κ2) is 6.90. The third-order valence-corrected chi connectivity index (χ3v) is 4.23. The number of hydrogen-bond donors (Lipinski definition) is 1. The third kappa shape index (κ3) is 3.47. The summed E-state index contributed by atoms with van der Waals surface area (Å²) in [6.07, 6.45) is 5.94. The zero-order valence-corrected chi connectivity index (χ0v) is 12.9. The van der Waals surface area contributed by atoms with Crippen LogP contribution in [0.1, 0.15) is 44.2 Å². The van der Waals surface area contributed by atoms with Crippen LogP contribution < -0.4 is 5.32 Å². The van der Waals surface area contributed by atoms with Crippen LogP contribution in [0.25, 0.3) is 0 Å². The molecule has 1 saturated heterocycles. The fourth-order valence-corrected chi connectivity index (χ4v) is 2.97. The molecule has 1 N–H and O–H groups in total. The minimum absolute atomic E-state index is 0.898. The highest BCUT2D eigenvalue weighted by molar-refractivity contribution is 7.80. The van der Waals surface area contributed by atoms with Crippen molar-refractivity contribution >= 4 is 23.0 Å². The number of hydrogen-bond acceptors (Lipinski definition) is 1. The predicted octanol–water partition coefficient (Wildman–Crippen LogP) is 3.99. The van der Waals surface area contributed by atoms with Gasteiger partial charge in [0.05, 0.1) is 0 Å². The van der Waals surface area contributed by atoms with Gasteiger partial charge in [-0.05, 0) is 55.4 Å². The van der Waals surface area contributed by atoms with Crippen LogP contribution in [0.2, 0.25) is 0 Å². The van der Waals surface area contributed by atoms with Crippen molar-refractivity contribution in [3.05, 3.63) is 29.3 Å². The first-order valence-electron chi connectivity index (χ1n) is 7.43. The van der Waals surface area contributed by atoms with E-state index < -0.39 is 0 Å². The Kier molecular flexibility index (Phi) is 5.20. The molecule has 0 unspecified atom stereocenters. The van der Waals surface area contributed by atoms with E-state index >= 15 is 0 Å². The average molecular weight is 276 g/mol. The van der Waals surface area contributed by atoms with Crippen LogP contribution in [0.15, 0.2) is 18.2 Å². The summed E-state index contributed by atoms with van der Waals surface area (Å²) in [7, 11) is 0. The van der Waals surface area contributed by atoms with Gasteiger partial charge in [-0.15, -0.1) is 0 Å². The molecule has 0 amide bonds. The number of rotatable bonds is 3. The Morgan fingerprint density at radius 3 is 2.21 bits per heavy atom. The lowest BCUT2D eigenvalue weighted by Crippen LogP contribution is -2.38. The van der Waals surface area contributed by atoms with E-state index in [-0.39, 0.29) is 0 Å². The summed E-state index contributed by atoms with van der Waals surface area (Å²) >= 11 is 5.59. The van der Waals surface area contributed by atoms with Crippen LogP contribution in [0.4, 0.5) is 5.69 Å². The van der Waals surface area contributed by atoms with Crippen LogP contribution in [0, 0.1) is 0 Å². The molecular formula is C16H24N2S. The number of para-hydroxylation sites is 1. The number of piperidine rings is 1. The number of likely N-dealkylation sites (tertiary alicyclic amines) is 1. The normalized spacial score (nSPS) is 15.4. The SMILES string of the molecule is CCc1cccc(CC)c1NC(=S)N1CCCCC1. The fraction of sp³-hybridized carbons (Fsp3) is 0.562. The van der Waals surface area contributed by atoms with Gasteiger partial charge in [-0.25, -0.2) is 0 Å². The van der Waals surface area contributed by atoms with Crippen molar-refractivity contribution in [2.24, 2.45) is 0 Å². The number of anilines is 1. The van der Waals surface area contributed by atoms with E-state index in [0.717, 1.165) is 31.0 Å². The zero-order valence-electron chi connectivity index (χ0n) is 12.0. The van der Waals surface area contributed by atoms with Crippen molar-refractivity contribution in [1.29, 1.82) is 0 Å². The molecule has 3 heteroatoms. The van der Waals surface area contributed by atoms with E-state index in [1.165, 1.54) is 36.1 Å². The van der Waals surface area contributed by atoms with Crippen LogP contribution in [-0.4, -0.2) is 23.1 Å². The highest BCUT2D eigenvalue weighted by atomic mass is 32.1. The van der Waals surface area contributed by atoms with Crippen molar-refractivity contribution < 1.29 is 0 Å². The Balaban J connectivity index is 2.15. The highest BCUT2D eigenvalue weighted by Crippen LogP contribution is 2.23. The van der Waals surface area contributed by atoms with Crippen LogP contribution >= 0.6 is 12.2 Å². The monoisotopic (exact) mass is 276 g/mol. The van der Waals surface area contributed by atoms with Crippen LogP contribution in [0.5, 0.6) is 0 Å². The van der Waals surface area contributed by atoms with E-state index in [4.69, 9.17) is 12.2 Å². The molecule has 0 bridgehead atoms. The van der Waals surface area contributed by atoms with Crippen molar-refractivity contribution in [3.8, 4) is 0 Å². The molecule has 1 aromatic rings. The summed E-state index contributed by atoms with van der Waals surface area (Å²) in [4.78, 5) is 2.31. The molecule has 19 heavy (non-hydrogen) atoms. The molecule has 1 heterocycles. The van der Waals surface area contributed by atoms with E-state index in [0.29, 0.717) is 0 Å². The summed E-state index contributed by atoms with van der Waals surface area (Å²) in [5.74, 6) is 0. The second-order valence-electron chi connectivity index (χ2n) is 5.14. The lowest BCUT2D eigenvalue weighted by Gasteiger charge is -2.30. The van der Waals surface area contributed by atoms with Gasteiger partial charge in [-0.1, -0.05) is 32.0 Å². The lowest BCUT2D eigenvalue weighted by molar-refractivity contribution is 0.346. The molecule has 1 aromatic carbocycles. The molecule has 1 aliphatic rings. The average Bonchev–Trinajstić information content (AvgIpc) is 2.48. The number of nitrogens with one attached hydrogen (secondary N) is 1. The first-order valence-corrected chi connectivity index (χ1v) is 7.83. The Morgan fingerprint density at radius 1 is 1.11 bits per heavy atom. The minimum atomic E-state index is 0.898. The summed E-state index contributed by atoms with van der Waals surface area (Å²) < 4.78 is 0. The van der Waals surface area contributed by atoms with Gasteiger partial charge in [0.1, 0.15) is 0 Å². The molecule has 0 radical (unpaired) electrons. The standard InChI is InChI=1S/C16H24N2S/c1-3-13-9-8-10-14(4-2)15(13)17-16(19)18-11-6-5-7-12-18/h8-10H,3-7,11-12H2,1-2H3,(H,17,19). The highest BCUT2D eigenvalue weighted by Gasteiger charge is 2.15. The number of thiocarbonyl (C=S) groups is 1. The molecule has 104 valence electrons. The molecular weight excluding hydrogens is 252 g/mol. The molecule has 2 rings (SSSR count). The van der Waals surface area contributed by atoms with E-state index in [1.807, 2.05) is 0 Å². The van der Waals surface area contributed by atoms with Gasteiger partial charge in [0, 0.05) is 18.8 Å². The fourth-order valence-electron chi connectivity index (χ4n) is 2.69. The molecule has 0 atom stereocenters. The number of aryl methyl sites for hydroxylation is 2. The first-order chi connectivity index (χ1) is 9.26. The molecule has 0 saturated carbocycles. The van der Waals surface area contributed by atoms with E-state index in [2.05, 4.69) is 42.3 Å². The first kappa shape index (κ1) is 14.3. The van der Waals surface area contributed by atoms with Gasteiger partial charge in [0.2, 0.25) is 0 Å². The minimum Gasteiger partial charge on any atom is -0.349 e. The number of benzene rings is 1. The molecule has 0 aromatic heterocycles.